The Morgan fingerprint density at radius 1 is 1.27 bits per heavy atom. The van der Waals surface area contributed by atoms with E-state index in [1.807, 2.05) is 36.4 Å². The lowest BCUT2D eigenvalue weighted by molar-refractivity contribution is 0.295. The first kappa shape index (κ1) is 9.62. The number of benzene rings is 1. The van der Waals surface area contributed by atoms with Gasteiger partial charge >= 0.3 is 0 Å². The second-order valence-electron chi connectivity index (χ2n) is 2.80. The fourth-order valence-corrected chi connectivity index (χ4v) is 1.52. The first-order chi connectivity index (χ1) is 7.40. The molecule has 0 spiro atoms. The molecule has 4 nitrogen and oxygen atoms in total. The molecule has 0 N–H and O–H groups in total. The molecule has 2 aromatic rings. The van der Waals surface area contributed by atoms with Gasteiger partial charge in [0.25, 0.3) is 5.88 Å². The summed E-state index contributed by atoms with van der Waals surface area (Å²) in [5, 5.41) is 8.68. The van der Waals surface area contributed by atoms with E-state index in [1.165, 1.54) is 0 Å². The van der Waals surface area contributed by atoms with Crippen LogP contribution in [0.2, 0.25) is 0 Å². The third-order valence-electron chi connectivity index (χ3n) is 1.78. The highest BCUT2D eigenvalue weighted by Crippen LogP contribution is 2.15. The van der Waals surface area contributed by atoms with Crippen molar-refractivity contribution in [3.8, 4) is 11.9 Å². The van der Waals surface area contributed by atoms with Crippen molar-refractivity contribution in [1.29, 1.82) is 5.26 Å². The molecule has 0 aliphatic carbocycles. The van der Waals surface area contributed by atoms with E-state index < -0.39 is 0 Å². The summed E-state index contributed by atoms with van der Waals surface area (Å²) in [6.07, 6.45) is 0. The topological polar surface area (TPSA) is 58.8 Å². The highest BCUT2D eigenvalue weighted by atomic mass is 32.1. The monoisotopic (exact) mass is 217 g/mol. The molecule has 0 saturated heterocycles. The lowest BCUT2D eigenvalue weighted by Crippen LogP contribution is -1.96. The maximum atomic E-state index is 8.68. The van der Waals surface area contributed by atoms with E-state index in [2.05, 4.69) is 8.75 Å². The van der Waals surface area contributed by atoms with Crippen LogP contribution in [0.1, 0.15) is 11.3 Å². The Hall–Kier alpha value is -1.93. The normalized spacial score (nSPS) is 9.53. The molecule has 0 radical (unpaired) electrons. The third-order valence-corrected chi connectivity index (χ3v) is 2.29. The number of nitriles is 1. The van der Waals surface area contributed by atoms with Crippen molar-refractivity contribution in [2.75, 3.05) is 0 Å². The fourth-order valence-electron chi connectivity index (χ4n) is 1.07. The summed E-state index contributed by atoms with van der Waals surface area (Å²) in [6.45, 7) is 0.404. The first-order valence-electron chi connectivity index (χ1n) is 4.29. The van der Waals surface area contributed by atoms with Gasteiger partial charge in [-0.3, -0.25) is 0 Å². The van der Waals surface area contributed by atoms with Gasteiger partial charge in [0.2, 0.25) is 5.69 Å². The number of hydrogen-bond acceptors (Lipinski definition) is 5. The Morgan fingerprint density at radius 2 is 2.07 bits per heavy atom. The van der Waals surface area contributed by atoms with E-state index in [0.29, 0.717) is 12.5 Å². The Balaban J connectivity index is 2.03. The van der Waals surface area contributed by atoms with Crippen LogP contribution in [-0.2, 0) is 6.61 Å². The van der Waals surface area contributed by atoms with Crippen LogP contribution in [-0.4, -0.2) is 8.75 Å². The predicted molar refractivity (Wildman–Crippen MR) is 55.4 cm³/mol. The SMILES string of the molecule is N#Cc1nsnc1OCc1ccccc1. The average molecular weight is 217 g/mol. The van der Waals surface area contributed by atoms with Crippen molar-refractivity contribution < 1.29 is 4.74 Å². The minimum atomic E-state index is 0.246. The van der Waals surface area contributed by atoms with Crippen LogP contribution in [0.3, 0.4) is 0 Å². The van der Waals surface area contributed by atoms with Gasteiger partial charge < -0.3 is 4.74 Å². The van der Waals surface area contributed by atoms with Crippen molar-refractivity contribution in [2.24, 2.45) is 0 Å². The van der Waals surface area contributed by atoms with E-state index in [-0.39, 0.29) is 5.69 Å². The van der Waals surface area contributed by atoms with Crippen LogP contribution < -0.4 is 4.74 Å². The molecule has 0 unspecified atom stereocenters. The molecular weight excluding hydrogens is 210 g/mol. The molecule has 1 aromatic carbocycles. The minimum absolute atomic E-state index is 0.246. The molecular formula is C10H7N3OS. The quantitative estimate of drug-likeness (QED) is 0.788. The summed E-state index contributed by atoms with van der Waals surface area (Å²) >= 11 is 0.978. The Kier molecular flexibility index (Phi) is 2.90. The first-order valence-corrected chi connectivity index (χ1v) is 5.02. The van der Waals surface area contributed by atoms with E-state index in [1.54, 1.807) is 0 Å². The summed E-state index contributed by atoms with van der Waals surface area (Å²) in [5.74, 6) is 0.311. The number of rotatable bonds is 3. The van der Waals surface area contributed by atoms with Crippen LogP contribution in [0.15, 0.2) is 30.3 Å². The molecule has 0 bridgehead atoms. The highest BCUT2D eigenvalue weighted by molar-refractivity contribution is 6.99. The maximum Gasteiger partial charge on any atom is 0.264 e. The molecule has 1 aromatic heterocycles. The molecule has 0 amide bonds. The van der Waals surface area contributed by atoms with Gasteiger partial charge in [-0.15, -0.1) is 4.37 Å². The van der Waals surface area contributed by atoms with Crippen LogP contribution in [0.5, 0.6) is 5.88 Å². The van der Waals surface area contributed by atoms with Crippen molar-refractivity contribution in [2.45, 2.75) is 6.61 Å². The zero-order valence-corrected chi connectivity index (χ0v) is 8.57. The Morgan fingerprint density at radius 3 is 2.80 bits per heavy atom. The molecule has 0 aliphatic heterocycles. The van der Waals surface area contributed by atoms with Crippen molar-refractivity contribution in [3.05, 3.63) is 41.6 Å². The van der Waals surface area contributed by atoms with Crippen LogP contribution in [0, 0.1) is 11.3 Å². The summed E-state index contributed by atoms with van der Waals surface area (Å²) < 4.78 is 13.0. The van der Waals surface area contributed by atoms with E-state index in [9.17, 15) is 0 Å². The molecule has 2 rings (SSSR count). The van der Waals surface area contributed by atoms with Crippen molar-refractivity contribution >= 4 is 11.7 Å². The number of aromatic nitrogens is 2. The molecule has 0 aliphatic rings. The number of hydrogen-bond donors (Lipinski definition) is 0. The maximum absolute atomic E-state index is 8.68. The van der Waals surface area contributed by atoms with Gasteiger partial charge in [-0.05, 0) is 5.56 Å². The smallest absolute Gasteiger partial charge is 0.264 e. The van der Waals surface area contributed by atoms with Crippen molar-refractivity contribution in [1.82, 2.24) is 8.75 Å². The third kappa shape index (κ3) is 2.30. The van der Waals surface area contributed by atoms with Gasteiger partial charge in [-0.1, -0.05) is 30.3 Å². The molecule has 15 heavy (non-hydrogen) atoms. The summed E-state index contributed by atoms with van der Waals surface area (Å²) in [5.41, 5.74) is 1.28. The Labute approximate surface area is 91.1 Å². The molecule has 0 fully saturated rings. The summed E-state index contributed by atoms with van der Waals surface area (Å²) in [4.78, 5) is 0. The highest BCUT2D eigenvalue weighted by Gasteiger charge is 2.07. The second-order valence-corrected chi connectivity index (χ2v) is 3.33. The molecule has 0 atom stereocenters. The van der Waals surface area contributed by atoms with Gasteiger partial charge in [-0.2, -0.15) is 9.64 Å². The number of nitrogens with zero attached hydrogens (tertiary/aromatic N) is 3. The molecule has 1 heterocycles. The van der Waals surface area contributed by atoms with Gasteiger partial charge in [0.15, 0.2) is 0 Å². The second kappa shape index (κ2) is 4.53. The standard InChI is InChI=1S/C10H7N3OS/c11-6-9-10(13-15-12-9)14-7-8-4-2-1-3-5-8/h1-5H,7H2. The fraction of sp³-hybridized carbons (Fsp3) is 0.100. The Bertz CT molecular complexity index is 475. The van der Waals surface area contributed by atoms with Crippen LogP contribution in [0.25, 0.3) is 0 Å². The number of ether oxygens (including phenoxy) is 1. The lowest BCUT2D eigenvalue weighted by atomic mass is 10.2. The zero-order chi connectivity index (χ0) is 10.5. The summed E-state index contributed by atoms with van der Waals surface area (Å²) in [7, 11) is 0. The van der Waals surface area contributed by atoms with E-state index in [4.69, 9.17) is 10.00 Å². The zero-order valence-electron chi connectivity index (χ0n) is 7.75. The van der Waals surface area contributed by atoms with Gasteiger partial charge in [0.1, 0.15) is 12.7 Å². The van der Waals surface area contributed by atoms with E-state index >= 15 is 0 Å². The van der Waals surface area contributed by atoms with Crippen LogP contribution in [0.4, 0.5) is 0 Å². The lowest BCUT2D eigenvalue weighted by Gasteiger charge is -2.01. The molecule has 74 valence electrons. The van der Waals surface area contributed by atoms with Gasteiger partial charge in [0, 0.05) is 0 Å². The average Bonchev–Trinajstić information content (AvgIpc) is 2.75. The van der Waals surface area contributed by atoms with Crippen molar-refractivity contribution in [3.63, 3.8) is 0 Å². The van der Waals surface area contributed by atoms with Gasteiger partial charge in [-0.25, -0.2) is 0 Å². The molecule has 0 saturated carbocycles. The summed E-state index contributed by atoms with van der Waals surface area (Å²) in [6, 6.07) is 11.6. The minimum Gasteiger partial charge on any atom is -0.470 e. The van der Waals surface area contributed by atoms with Crippen LogP contribution >= 0.6 is 11.7 Å². The van der Waals surface area contributed by atoms with Gasteiger partial charge in [0.05, 0.1) is 11.7 Å². The van der Waals surface area contributed by atoms with E-state index in [0.717, 1.165) is 17.3 Å². The largest absolute Gasteiger partial charge is 0.470 e. The predicted octanol–water partition coefficient (Wildman–Crippen LogP) is 1.99. The molecule has 5 heteroatoms.